The molecule has 0 unspecified atom stereocenters. The summed E-state index contributed by atoms with van der Waals surface area (Å²) in [4.78, 5) is 10.5. The van der Waals surface area contributed by atoms with E-state index in [-0.39, 0.29) is 11.5 Å². The topological polar surface area (TPSA) is 70.4 Å². The fourth-order valence-electron chi connectivity index (χ4n) is 1.06. The van der Waals surface area contributed by atoms with Crippen LogP contribution in [0.5, 0.6) is 0 Å². The predicted molar refractivity (Wildman–Crippen MR) is 51.8 cm³/mol. The Labute approximate surface area is 85.8 Å². The molecule has 2 N–H and O–H groups in total. The average molecular weight is 211 g/mol. The smallest absolute Gasteiger partial charge is 0.338 e. The standard InChI is InChI=1S/C10H10FNO3/c1-2-15-9(12)6-3-4-7(10(13)14)8(11)5-6/h3-5,12H,2H2,1H3,(H,13,14). The lowest BCUT2D eigenvalue weighted by atomic mass is 10.1. The minimum atomic E-state index is -1.33. The van der Waals surface area contributed by atoms with Gasteiger partial charge in [0.15, 0.2) is 0 Å². The van der Waals surface area contributed by atoms with E-state index in [4.69, 9.17) is 15.3 Å². The van der Waals surface area contributed by atoms with Gasteiger partial charge in [0.05, 0.1) is 12.2 Å². The van der Waals surface area contributed by atoms with Crippen LogP contribution in [0.15, 0.2) is 18.2 Å². The molecule has 0 bridgehead atoms. The van der Waals surface area contributed by atoms with E-state index < -0.39 is 17.3 Å². The lowest BCUT2D eigenvalue weighted by Gasteiger charge is -2.05. The first-order valence-electron chi connectivity index (χ1n) is 4.30. The van der Waals surface area contributed by atoms with Crippen molar-refractivity contribution in [3.05, 3.63) is 35.1 Å². The monoisotopic (exact) mass is 211 g/mol. The summed E-state index contributed by atoms with van der Waals surface area (Å²) in [7, 11) is 0. The predicted octanol–water partition coefficient (Wildman–Crippen LogP) is 1.89. The number of rotatable bonds is 3. The van der Waals surface area contributed by atoms with Gasteiger partial charge in [-0.2, -0.15) is 0 Å². The molecule has 1 aromatic carbocycles. The molecular formula is C10H10FNO3. The second-order valence-electron chi connectivity index (χ2n) is 2.76. The molecule has 0 radical (unpaired) electrons. The highest BCUT2D eigenvalue weighted by atomic mass is 19.1. The van der Waals surface area contributed by atoms with Crippen LogP contribution in [0.1, 0.15) is 22.8 Å². The third kappa shape index (κ3) is 2.52. The van der Waals surface area contributed by atoms with Gasteiger partial charge < -0.3 is 9.84 Å². The van der Waals surface area contributed by atoms with Crippen molar-refractivity contribution >= 4 is 11.9 Å². The Bertz CT molecular complexity index is 404. The molecule has 1 rings (SSSR count). The number of carbonyl (C=O) groups is 1. The molecule has 0 heterocycles. The molecule has 0 atom stereocenters. The van der Waals surface area contributed by atoms with E-state index >= 15 is 0 Å². The molecule has 0 spiro atoms. The van der Waals surface area contributed by atoms with Crippen LogP contribution in [0.2, 0.25) is 0 Å². The van der Waals surface area contributed by atoms with E-state index in [1.54, 1.807) is 6.92 Å². The normalized spacial score (nSPS) is 9.73. The second-order valence-corrected chi connectivity index (χ2v) is 2.76. The van der Waals surface area contributed by atoms with Crippen molar-refractivity contribution in [2.24, 2.45) is 0 Å². The molecule has 0 aromatic heterocycles. The molecule has 0 saturated carbocycles. The van der Waals surface area contributed by atoms with Gasteiger partial charge in [0.1, 0.15) is 5.82 Å². The van der Waals surface area contributed by atoms with E-state index in [1.807, 2.05) is 0 Å². The number of halogens is 1. The maximum absolute atomic E-state index is 13.2. The van der Waals surface area contributed by atoms with Gasteiger partial charge in [-0.15, -0.1) is 0 Å². The van der Waals surface area contributed by atoms with Crippen molar-refractivity contribution < 1.29 is 19.0 Å². The lowest BCUT2D eigenvalue weighted by molar-refractivity contribution is 0.0692. The highest BCUT2D eigenvalue weighted by molar-refractivity contribution is 5.94. The first kappa shape index (κ1) is 11.2. The van der Waals surface area contributed by atoms with Gasteiger partial charge in [0.2, 0.25) is 5.90 Å². The minimum Gasteiger partial charge on any atom is -0.478 e. The number of ether oxygens (including phenoxy) is 1. The number of aromatic carboxylic acids is 1. The Hall–Kier alpha value is -1.91. The summed E-state index contributed by atoms with van der Waals surface area (Å²) in [5.41, 5.74) is -0.192. The molecule has 0 aliphatic rings. The third-order valence-corrected chi connectivity index (χ3v) is 1.75. The molecule has 0 aliphatic carbocycles. The summed E-state index contributed by atoms with van der Waals surface area (Å²) >= 11 is 0. The second kappa shape index (κ2) is 4.54. The van der Waals surface area contributed by atoms with Crippen LogP contribution in [-0.4, -0.2) is 23.6 Å². The Morgan fingerprint density at radius 2 is 2.27 bits per heavy atom. The quantitative estimate of drug-likeness (QED) is 0.592. The molecular weight excluding hydrogens is 201 g/mol. The van der Waals surface area contributed by atoms with E-state index in [1.165, 1.54) is 6.07 Å². The van der Waals surface area contributed by atoms with Crippen LogP contribution in [0, 0.1) is 11.2 Å². The van der Waals surface area contributed by atoms with Gasteiger partial charge in [0, 0.05) is 5.56 Å². The third-order valence-electron chi connectivity index (χ3n) is 1.75. The molecule has 0 aliphatic heterocycles. The molecule has 80 valence electrons. The van der Waals surface area contributed by atoms with Gasteiger partial charge in [-0.1, -0.05) is 0 Å². The maximum Gasteiger partial charge on any atom is 0.338 e. The minimum absolute atomic E-state index is 0.173. The van der Waals surface area contributed by atoms with Gasteiger partial charge in [-0.3, -0.25) is 5.41 Å². The highest BCUT2D eigenvalue weighted by Gasteiger charge is 2.12. The Balaban J connectivity index is 3.01. The van der Waals surface area contributed by atoms with Crippen LogP contribution >= 0.6 is 0 Å². The number of hydrogen-bond donors (Lipinski definition) is 2. The van der Waals surface area contributed by atoms with Crippen LogP contribution in [0.3, 0.4) is 0 Å². The summed E-state index contributed by atoms with van der Waals surface area (Å²) in [6, 6.07) is 3.42. The molecule has 15 heavy (non-hydrogen) atoms. The Morgan fingerprint density at radius 1 is 1.60 bits per heavy atom. The zero-order valence-electron chi connectivity index (χ0n) is 8.08. The molecule has 5 heteroatoms. The first-order valence-corrected chi connectivity index (χ1v) is 4.30. The first-order chi connectivity index (χ1) is 7.06. The van der Waals surface area contributed by atoms with E-state index in [0.717, 1.165) is 12.1 Å². The summed E-state index contributed by atoms with van der Waals surface area (Å²) in [5.74, 6) is -2.38. The summed E-state index contributed by atoms with van der Waals surface area (Å²) < 4.78 is 18.0. The number of nitrogens with one attached hydrogen (secondary N) is 1. The molecule has 0 saturated heterocycles. The van der Waals surface area contributed by atoms with Crippen molar-refractivity contribution in [2.75, 3.05) is 6.61 Å². The average Bonchev–Trinajstić information content (AvgIpc) is 2.17. The molecule has 0 fully saturated rings. The Kier molecular flexibility index (Phi) is 3.38. The van der Waals surface area contributed by atoms with Crippen LogP contribution in [0.25, 0.3) is 0 Å². The van der Waals surface area contributed by atoms with Crippen molar-refractivity contribution in [3.8, 4) is 0 Å². The van der Waals surface area contributed by atoms with Crippen LogP contribution in [0.4, 0.5) is 4.39 Å². The summed E-state index contributed by atoms with van der Waals surface area (Å²) in [5, 5.41) is 15.9. The number of carboxylic acid groups (broad SMARTS) is 1. The fraction of sp³-hybridized carbons (Fsp3) is 0.200. The number of benzene rings is 1. The van der Waals surface area contributed by atoms with Crippen molar-refractivity contribution in [2.45, 2.75) is 6.92 Å². The van der Waals surface area contributed by atoms with Crippen LogP contribution < -0.4 is 0 Å². The van der Waals surface area contributed by atoms with E-state index in [9.17, 15) is 9.18 Å². The van der Waals surface area contributed by atoms with E-state index in [0.29, 0.717) is 6.61 Å². The zero-order valence-corrected chi connectivity index (χ0v) is 8.08. The van der Waals surface area contributed by atoms with Gasteiger partial charge in [-0.25, -0.2) is 9.18 Å². The van der Waals surface area contributed by atoms with Crippen LogP contribution in [-0.2, 0) is 4.74 Å². The molecule has 1 aromatic rings. The fourth-order valence-corrected chi connectivity index (χ4v) is 1.06. The van der Waals surface area contributed by atoms with Gasteiger partial charge >= 0.3 is 5.97 Å². The van der Waals surface area contributed by atoms with Crippen molar-refractivity contribution in [3.63, 3.8) is 0 Å². The number of carboxylic acids is 1. The van der Waals surface area contributed by atoms with E-state index in [2.05, 4.69) is 0 Å². The summed E-state index contributed by atoms with van der Waals surface area (Å²) in [6.07, 6.45) is 0. The molecule has 4 nitrogen and oxygen atoms in total. The molecule has 0 amide bonds. The largest absolute Gasteiger partial charge is 0.478 e. The number of hydrogen-bond acceptors (Lipinski definition) is 3. The maximum atomic E-state index is 13.2. The Morgan fingerprint density at radius 3 is 2.73 bits per heavy atom. The summed E-state index contributed by atoms with van der Waals surface area (Å²) in [6.45, 7) is 2.01. The zero-order chi connectivity index (χ0) is 11.4. The SMILES string of the molecule is CCOC(=N)c1ccc(C(=O)O)c(F)c1. The van der Waals surface area contributed by atoms with Crippen molar-refractivity contribution in [1.82, 2.24) is 0 Å². The van der Waals surface area contributed by atoms with Gasteiger partial charge in [-0.05, 0) is 25.1 Å². The van der Waals surface area contributed by atoms with Crippen molar-refractivity contribution in [1.29, 1.82) is 5.41 Å². The highest BCUT2D eigenvalue weighted by Crippen LogP contribution is 2.11. The van der Waals surface area contributed by atoms with Gasteiger partial charge in [0.25, 0.3) is 0 Å². The lowest BCUT2D eigenvalue weighted by Crippen LogP contribution is -2.07.